The Morgan fingerprint density at radius 2 is 1.86 bits per heavy atom. The lowest BCUT2D eigenvalue weighted by Crippen LogP contribution is -2.53. The molecule has 0 bridgehead atoms. The molecule has 3 heterocycles. The number of pyridine rings is 1. The summed E-state index contributed by atoms with van der Waals surface area (Å²) in [6.07, 6.45) is 2.83. The fraction of sp³-hybridized carbons (Fsp3) is 0.321. The van der Waals surface area contributed by atoms with Crippen LogP contribution in [-0.2, 0) is 21.3 Å². The average molecular weight is 601 g/mol. The second-order valence-electron chi connectivity index (χ2n) is 10.3. The van der Waals surface area contributed by atoms with Gasteiger partial charge in [0.25, 0.3) is 15.6 Å². The first kappa shape index (κ1) is 29.4. The number of aromatic nitrogens is 3. The molecule has 3 N–H and O–H groups in total. The van der Waals surface area contributed by atoms with Gasteiger partial charge in [-0.3, -0.25) is 14.1 Å². The summed E-state index contributed by atoms with van der Waals surface area (Å²) in [6.45, 7) is 1.45. The topological polar surface area (TPSA) is 142 Å². The minimum atomic E-state index is -4.43. The number of sulfonamides is 1. The Kier molecular flexibility index (Phi) is 7.88. The number of rotatable bonds is 8. The number of methoxy groups -OCH3 is 1. The van der Waals surface area contributed by atoms with Crippen molar-refractivity contribution in [2.75, 3.05) is 44.9 Å². The van der Waals surface area contributed by atoms with Crippen LogP contribution >= 0.6 is 0 Å². The Morgan fingerprint density at radius 1 is 1.12 bits per heavy atom. The van der Waals surface area contributed by atoms with E-state index < -0.39 is 27.3 Å². The Bertz CT molecular complexity index is 1820. The lowest BCUT2D eigenvalue weighted by Gasteiger charge is -2.43. The van der Waals surface area contributed by atoms with Gasteiger partial charge < -0.3 is 20.1 Å². The highest BCUT2D eigenvalue weighted by Gasteiger charge is 2.36. The van der Waals surface area contributed by atoms with Crippen LogP contribution in [0.2, 0.25) is 0 Å². The minimum absolute atomic E-state index is 0.0894. The number of nitrogen functional groups attached to an aromatic ring is 1. The molecule has 1 fully saturated rings. The maximum atomic E-state index is 14.2. The molecule has 0 spiro atoms. The van der Waals surface area contributed by atoms with E-state index in [-0.39, 0.29) is 33.2 Å². The van der Waals surface area contributed by atoms with Crippen molar-refractivity contribution in [1.29, 1.82) is 0 Å². The van der Waals surface area contributed by atoms with E-state index in [0.717, 1.165) is 12.1 Å². The summed E-state index contributed by atoms with van der Waals surface area (Å²) < 4.78 is 68.3. The number of nitrogens with one attached hydrogen (secondary N) is 1. The third-order valence-electron chi connectivity index (χ3n) is 7.62. The molecule has 1 saturated heterocycles. The van der Waals surface area contributed by atoms with E-state index in [1.807, 2.05) is 14.1 Å². The number of anilines is 2. The lowest BCUT2D eigenvalue weighted by atomic mass is 9.88. The van der Waals surface area contributed by atoms with E-state index in [4.69, 9.17) is 15.2 Å². The average Bonchev–Trinajstić information content (AvgIpc) is 2.96. The van der Waals surface area contributed by atoms with Crippen molar-refractivity contribution in [3.63, 3.8) is 0 Å². The van der Waals surface area contributed by atoms with Crippen LogP contribution in [0, 0.1) is 11.6 Å². The zero-order chi connectivity index (χ0) is 30.2. The maximum Gasteiger partial charge on any atom is 0.267 e. The number of fused-ring (bicyclic) bond motifs is 1. The molecule has 42 heavy (non-hydrogen) atoms. The summed E-state index contributed by atoms with van der Waals surface area (Å²) in [6, 6.07) is 8.63. The number of ether oxygens (including phenoxy) is 2. The first-order chi connectivity index (χ1) is 19.9. The van der Waals surface area contributed by atoms with E-state index in [1.165, 1.54) is 23.9 Å². The lowest BCUT2D eigenvalue weighted by molar-refractivity contribution is -0.0167. The van der Waals surface area contributed by atoms with Gasteiger partial charge in [0.15, 0.2) is 0 Å². The molecule has 11 nitrogen and oxygen atoms in total. The van der Waals surface area contributed by atoms with Crippen LogP contribution in [0.5, 0.6) is 5.88 Å². The van der Waals surface area contributed by atoms with Gasteiger partial charge in [0.05, 0.1) is 23.7 Å². The molecule has 0 radical (unpaired) electrons. The highest BCUT2D eigenvalue weighted by atomic mass is 32.2. The van der Waals surface area contributed by atoms with Crippen LogP contribution < -0.4 is 20.8 Å². The van der Waals surface area contributed by atoms with Gasteiger partial charge in [-0.25, -0.2) is 27.2 Å². The van der Waals surface area contributed by atoms with Crippen LogP contribution in [0.3, 0.4) is 0 Å². The molecule has 2 aromatic heterocycles. The first-order valence-electron chi connectivity index (χ1n) is 13.0. The molecule has 1 aliphatic heterocycles. The maximum absolute atomic E-state index is 14.2. The van der Waals surface area contributed by atoms with E-state index >= 15 is 0 Å². The number of hydrogen-bond donors (Lipinski definition) is 2. The molecule has 0 amide bonds. The molecule has 2 aromatic carbocycles. The zero-order valence-corrected chi connectivity index (χ0v) is 24.0. The number of likely N-dealkylation sites (N-methyl/N-ethyl adjacent to an activating group) is 1. The predicted octanol–water partition coefficient (Wildman–Crippen LogP) is 3.24. The van der Waals surface area contributed by atoms with Crippen LogP contribution in [0.4, 0.5) is 20.4 Å². The second-order valence-corrected chi connectivity index (χ2v) is 11.9. The van der Waals surface area contributed by atoms with Crippen LogP contribution in [0.15, 0.2) is 58.4 Å². The molecular weight excluding hydrogens is 570 g/mol. The van der Waals surface area contributed by atoms with Crippen molar-refractivity contribution in [2.24, 2.45) is 0 Å². The van der Waals surface area contributed by atoms with Crippen molar-refractivity contribution in [3.05, 3.63) is 70.6 Å². The number of nitrogens with zero attached hydrogens (tertiary/aromatic N) is 4. The van der Waals surface area contributed by atoms with E-state index in [1.54, 1.807) is 18.2 Å². The van der Waals surface area contributed by atoms with Crippen molar-refractivity contribution < 1.29 is 26.7 Å². The fourth-order valence-electron chi connectivity index (χ4n) is 5.07. The Labute approximate surface area is 241 Å². The van der Waals surface area contributed by atoms with Gasteiger partial charge in [-0.05, 0) is 62.8 Å². The quantitative estimate of drug-likeness (QED) is 0.312. The summed E-state index contributed by atoms with van der Waals surface area (Å²) in [5.41, 5.74) is 6.32. The van der Waals surface area contributed by atoms with Crippen LogP contribution in [0.25, 0.3) is 22.0 Å². The van der Waals surface area contributed by atoms with Gasteiger partial charge >= 0.3 is 0 Å². The van der Waals surface area contributed by atoms with E-state index in [2.05, 4.69) is 19.6 Å². The van der Waals surface area contributed by atoms with E-state index in [9.17, 15) is 22.0 Å². The largest absolute Gasteiger partial charge is 0.480 e. The predicted molar refractivity (Wildman–Crippen MR) is 154 cm³/mol. The fourth-order valence-corrected chi connectivity index (χ4v) is 6.28. The highest BCUT2D eigenvalue weighted by Crippen LogP contribution is 2.32. The highest BCUT2D eigenvalue weighted by molar-refractivity contribution is 7.92. The molecule has 0 atom stereocenters. The number of benzene rings is 2. The molecule has 1 aliphatic rings. The van der Waals surface area contributed by atoms with Crippen LogP contribution in [-0.4, -0.2) is 67.8 Å². The van der Waals surface area contributed by atoms with Crippen molar-refractivity contribution in [2.45, 2.75) is 29.8 Å². The standard InChI is InChI=1S/C28H30F2N6O5S/c1-35(2)28(8-10-41-11-9-28)16-36-26(37)20-12-17(4-6-22(20)33-27(36)31)18-13-24(25(40-3)32-15-18)42(38,39)34-23-7-5-19(29)14-21(23)30/h4-7,12-15,34H,8-11,16H2,1-3H3,(H2,31,33). The first-order valence-corrected chi connectivity index (χ1v) is 14.5. The summed E-state index contributed by atoms with van der Waals surface area (Å²) in [4.78, 5) is 24.0. The minimum Gasteiger partial charge on any atom is -0.480 e. The van der Waals surface area contributed by atoms with Gasteiger partial charge in [-0.2, -0.15) is 0 Å². The summed E-state index contributed by atoms with van der Waals surface area (Å²) in [5.74, 6) is -2.09. The Hall–Kier alpha value is -4.14. The third kappa shape index (κ3) is 5.52. The monoisotopic (exact) mass is 600 g/mol. The summed E-state index contributed by atoms with van der Waals surface area (Å²) in [5, 5.41) is 0.286. The Morgan fingerprint density at radius 3 is 2.52 bits per heavy atom. The van der Waals surface area contributed by atoms with Gasteiger partial charge in [0.2, 0.25) is 11.8 Å². The van der Waals surface area contributed by atoms with Crippen LogP contribution in [0.1, 0.15) is 12.8 Å². The SMILES string of the molecule is COc1ncc(-c2ccc3nc(N)n(CC4(N(C)C)CCOCC4)c(=O)c3c2)cc1S(=O)(=O)Nc1ccc(F)cc1F. The number of hydrogen-bond acceptors (Lipinski definition) is 9. The molecule has 14 heteroatoms. The van der Waals surface area contributed by atoms with Gasteiger partial charge in [0, 0.05) is 43.1 Å². The molecule has 4 aromatic rings. The van der Waals surface area contributed by atoms with Crippen molar-refractivity contribution >= 4 is 32.6 Å². The Balaban J connectivity index is 1.56. The molecule has 5 rings (SSSR count). The molecular formula is C28H30F2N6O5S. The smallest absolute Gasteiger partial charge is 0.267 e. The van der Waals surface area contributed by atoms with Gasteiger partial charge in [0.1, 0.15) is 16.5 Å². The van der Waals surface area contributed by atoms with E-state index in [0.29, 0.717) is 55.3 Å². The van der Waals surface area contributed by atoms with Gasteiger partial charge in [-0.15, -0.1) is 0 Å². The van der Waals surface area contributed by atoms with Crippen molar-refractivity contribution in [3.8, 4) is 17.0 Å². The molecule has 222 valence electrons. The third-order valence-corrected chi connectivity index (χ3v) is 8.98. The van der Waals surface area contributed by atoms with Gasteiger partial charge in [-0.1, -0.05) is 6.07 Å². The molecule has 0 unspecified atom stereocenters. The summed E-state index contributed by atoms with van der Waals surface area (Å²) in [7, 11) is 0.735. The van der Waals surface area contributed by atoms with Crippen molar-refractivity contribution in [1.82, 2.24) is 19.4 Å². The summed E-state index contributed by atoms with van der Waals surface area (Å²) >= 11 is 0. The number of nitrogens with two attached hydrogens (primary N) is 1. The molecule has 0 aliphatic carbocycles. The second kappa shape index (κ2) is 11.3. The normalized spacial score (nSPS) is 15.2. The zero-order valence-electron chi connectivity index (χ0n) is 23.2. The molecule has 0 saturated carbocycles. The number of halogens is 2.